The number of aliphatic imine (C=N–C) groups is 1. The molecule has 26 heavy (non-hydrogen) atoms. The molecule has 1 amide bonds. The number of halogens is 1. The summed E-state index contributed by atoms with van der Waals surface area (Å²) < 4.78 is 0.417. The van der Waals surface area contributed by atoms with Gasteiger partial charge >= 0.3 is 0 Å². The minimum Gasteiger partial charge on any atom is -0.353 e. The molecule has 1 N–H and O–H groups in total. The molecule has 3 fully saturated rings. The van der Waals surface area contributed by atoms with Gasteiger partial charge in [-0.25, -0.2) is 4.99 Å². The Hall–Kier alpha value is -0.180. The van der Waals surface area contributed by atoms with Crippen molar-refractivity contribution in [1.29, 1.82) is 0 Å². The van der Waals surface area contributed by atoms with Gasteiger partial charge in [0.05, 0.1) is 0 Å². The summed E-state index contributed by atoms with van der Waals surface area (Å²) >= 11 is 2.18. The minimum atomic E-state index is 0. The third-order valence-electron chi connectivity index (χ3n) is 5.86. The van der Waals surface area contributed by atoms with Crippen molar-refractivity contribution in [2.24, 2.45) is 4.99 Å². The van der Waals surface area contributed by atoms with E-state index in [1.54, 1.807) is 19.0 Å². The lowest BCUT2D eigenvalue weighted by Gasteiger charge is -2.46. The molecule has 1 heterocycles. The molecule has 3 rings (SSSR count). The van der Waals surface area contributed by atoms with Crippen LogP contribution in [0.1, 0.15) is 57.8 Å². The SMILES string of the molecule is CN(C)C(=O)CN=C(NC1CCCC1)N1CCSC2(CCCCC2)C1.I. The third kappa shape index (κ3) is 5.91. The van der Waals surface area contributed by atoms with E-state index in [1.807, 2.05) is 0 Å². The molecule has 0 atom stereocenters. The Morgan fingerprint density at radius 3 is 2.54 bits per heavy atom. The standard InChI is InChI=1S/C19H34N4OS.HI/c1-22(2)17(24)14-20-18(21-16-8-4-5-9-16)23-12-13-25-19(15-23)10-6-3-7-11-19;/h16H,3-15H2,1-2H3,(H,20,21);1H. The molecule has 2 aliphatic carbocycles. The highest BCUT2D eigenvalue weighted by molar-refractivity contribution is 14.0. The second-order valence-corrected chi connectivity index (χ2v) is 9.63. The average Bonchev–Trinajstić information content (AvgIpc) is 3.12. The number of amides is 1. The Kier molecular flexibility index (Phi) is 8.83. The van der Waals surface area contributed by atoms with Gasteiger partial charge in [-0.15, -0.1) is 24.0 Å². The summed E-state index contributed by atoms with van der Waals surface area (Å²) in [7, 11) is 3.60. The first-order valence-corrected chi connectivity index (χ1v) is 11.0. The number of nitrogens with zero attached hydrogens (tertiary/aromatic N) is 3. The lowest BCUT2D eigenvalue weighted by molar-refractivity contribution is -0.127. The van der Waals surface area contributed by atoms with Crippen molar-refractivity contribution in [2.75, 3.05) is 39.5 Å². The molecule has 0 aromatic carbocycles. The van der Waals surface area contributed by atoms with Gasteiger partial charge in [-0.1, -0.05) is 32.1 Å². The summed E-state index contributed by atoms with van der Waals surface area (Å²) in [5.74, 6) is 2.23. The highest BCUT2D eigenvalue weighted by Gasteiger charge is 2.38. The Bertz CT molecular complexity index is 482. The lowest BCUT2D eigenvalue weighted by atomic mass is 9.87. The van der Waals surface area contributed by atoms with Gasteiger partial charge in [-0.3, -0.25) is 4.79 Å². The Labute approximate surface area is 180 Å². The van der Waals surface area contributed by atoms with E-state index in [-0.39, 0.29) is 36.4 Å². The van der Waals surface area contributed by atoms with Crippen LogP contribution in [0.2, 0.25) is 0 Å². The van der Waals surface area contributed by atoms with E-state index in [4.69, 9.17) is 4.99 Å². The molecule has 1 saturated heterocycles. The second-order valence-electron chi connectivity index (χ2n) is 8.07. The summed E-state index contributed by atoms with van der Waals surface area (Å²) in [6.07, 6.45) is 11.9. The maximum atomic E-state index is 12.0. The zero-order chi connectivity index (χ0) is 17.7. The van der Waals surface area contributed by atoms with Gasteiger partial charge < -0.3 is 15.1 Å². The molecule has 3 aliphatic rings. The van der Waals surface area contributed by atoms with Crippen molar-refractivity contribution >= 4 is 47.6 Å². The number of carbonyl (C=O) groups is 1. The first kappa shape index (κ1) is 22.1. The van der Waals surface area contributed by atoms with Gasteiger partial charge in [0.15, 0.2) is 5.96 Å². The molecule has 0 aromatic heterocycles. The molecule has 5 nitrogen and oxygen atoms in total. The van der Waals surface area contributed by atoms with Crippen LogP contribution in [0.25, 0.3) is 0 Å². The number of guanidine groups is 1. The summed E-state index contributed by atoms with van der Waals surface area (Å²) in [5.41, 5.74) is 0. The molecule has 7 heteroatoms. The largest absolute Gasteiger partial charge is 0.353 e. The molecule has 0 aromatic rings. The number of nitrogens with one attached hydrogen (secondary N) is 1. The Morgan fingerprint density at radius 1 is 1.19 bits per heavy atom. The van der Waals surface area contributed by atoms with E-state index >= 15 is 0 Å². The maximum absolute atomic E-state index is 12.0. The predicted molar refractivity (Wildman–Crippen MR) is 122 cm³/mol. The van der Waals surface area contributed by atoms with E-state index in [2.05, 4.69) is 22.0 Å². The van der Waals surface area contributed by atoms with Crippen molar-refractivity contribution in [1.82, 2.24) is 15.1 Å². The van der Waals surface area contributed by atoms with E-state index in [9.17, 15) is 4.79 Å². The van der Waals surface area contributed by atoms with Crippen LogP contribution >= 0.6 is 35.7 Å². The van der Waals surface area contributed by atoms with E-state index < -0.39 is 0 Å². The number of carbonyl (C=O) groups excluding carboxylic acids is 1. The van der Waals surface area contributed by atoms with Crippen LogP contribution in [0, 0.1) is 0 Å². The minimum absolute atomic E-state index is 0. The van der Waals surface area contributed by atoms with Gasteiger partial charge in [-0.05, 0) is 25.7 Å². The topological polar surface area (TPSA) is 47.9 Å². The molecule has 150 valence electrons. The fourth-order valence-electron chi connectivity index (χ4n) is 4.30. The zero-order valence-electron chi connectivity index (χ0n) is 16.3. The first-order chi connectivity index (χ1) is 12.1. The van der Waals surface area contributed by atoms with E-state index in [0.717, 1.165) is 19.0 Å². The monoisotopic (exact) mass is 494 g/mol. The zero-order valence-corrected chi connectivity index (χ0v) is 19.5. The maximum Gasteiger partial charge on any atom is 0.243 e. The first-order valence-electron chi connectivity index (χ1n) is 9.98. The fraction of sp³-hybridized carbons (Fsp3) is 0.895. The molecule has 2 saturated carbocycles. The van der Waals surface area contributed by atoms with Crippen LogP contribution in [-0.2, 0) is 4.79 Å². The van der Waals surface area contributed by atoms with Crippen molar-refractivity contribution in [3.8, 4) is 0 Å². The van der Waals surface area contributed by atoms with Crippen LogP contribution < -0.4 is 5.32 Å². The number of hydrogen-bond acceptors (Lipinski definition) is 3. The van der Waals surface area contributed by atoms with Crippen LogP contribution in [0.5, 0.6) is 0 Å². The number of rotatable bonds is 3. The fourth-order valence-corrected chi connectivity index (χ4v) is 5.87. The van der Waals surface area contributed by atoms with Crippen LogP contribution in [0.3, 0.4) is 0 Å². The molecular weight excluding hydrogens is 459 g/mol. The summed E-state index contributed by atoms with van der Waals surface area (Å²) in [5, 5.41) is 3.70. The molecule has 1 aliphatic heterocycles. The molecule has 0 radical (unpaired) electrons. The molecule has 1 spiro atoms. The number of thioether (sulfide) groups is 1. The summed E-state index contributed by atoms with van der Waals surface area (Å²) in [4.78, 5) is 20.8. The van der Waals surface area contributed by atoms with E-state index in [0.29, 0.717) is 10.8 Å². The molecule has 0 unspecified atom stereocenters. The third-order valence-corrected chi connectivity index (χ3v) is 7.40. The van der Waals surface area contributed by atoms with Crippen molar-refractivity contribution in [2.45, 2.75) is 68.6 Å². The van der Waals surface area contributed by atoms with Crippen LogP contribution in [0.15, 0.2) is 4.99 Å². The number of likely N-dealkylation sites (N-methyl/N-ethyl adjacent to an activating group) is 1. The normalized spacial score (nSPS) is 23.6. The molecular formula is C19H35IN4OS. The summed E-state index contributed by atoms with van der Waals surface area (Å²) in [6.45, 7) is 2.38. The highest BCUT2D eigenvalue weighted by Crippen LogP contribution is 2.42. The Morgan fingerprint density at radius 2 is 1.88 bits per heavy atom. The predicted octanol–water partition coefficient (Wildman–Crippen LogP) is 3.33. The lowest BCUT2D eigenvalue weighted by Crippen LogP contribution is -2.55. The smallest absolute Gasteiger partial charge is 0.243 e. The second kappa shape index (κ2) is 10.4. The quantitative estimate of drug-likeness (QED) is 0.372. The van der Waals surface area contributed by atoms with Gasteiger partial charge in [0, 0.05) is 43.7 Å². The van der Waals surface area contributed by atoms with E-state index in [1.165, 1.54) is 63.5 Å². The van der Waals surface area contributed by atoms with Crippen LogP contribution in [0.4, 0.5) is 0 Å². The average molecular weight is 494 g/mol. The van der Waals surface area contributed by atoms with Crippen molar-refractivity contribution < 1.29 is 4.79 Å². The van der Waals surface area contributed by atoms with Crippen molar-refractivity contribution in [3.05, 3.63) is 0 Å². The summed E-state index contributed by atoms with van der Waals surface area (Å²) in [6, 6.07) is 0.532. The van der Waals surface area contributed by atoms with Gasteiger partial charge in [-0.2, -0.15) is 11.8 Å². The Balaban J connectivity index is 0.00000243. The highest BCUT2D eigenvalue weighted by atomic mass is 127. The van der Waals surface area contributed by atoms with Crippen LogP contribution in [-0.4, -0.2) is 71.9 Å². The van der Waals surface area contributed by atoms with Crippen molar-refractivity contribution in [3.63, 3.8) is 0 Å². The number of hydrogen-bond donors (Lipinski definition) is 1. The van der Waals surface area contributed by atoms with Gasteiger partial charge in [0.25, 0.3) is 0 Å². The van der Waals surface area contributed by atoms with Gasteiger partial charge in [0.2, 0.25) is 5.91 Å². The molecule has 0 bridgehead atoms. The van der Waals surface area contributed by atoms with Gasteiger partial charge in [0.1, 0.15) is 6.54 Å².